The minimum atomic E-state index is -0.922. The maximum atomic E-state index is 13.6. The van der Waals surface area contributed by atoms with E-state index in [1.54, 1.807) is 24.3 Å². The highest BCUT2D eigenvalue weighted by Crippen LogP contribution is 2.16. The molecule has 0 unspecified atom stereocenters. The minimum absolute atomic E-state index is 0.122. The van der Waals surface area contributed by atoms with E-state index in [2.05, 4.69) is 10.2 Å². The number of nitrogens with zero attached hydrogens (tertiary/aromatic N) is 3. The van der Waals surface area contributed by atoms with E-state index in [1.807, 2.05) is 6.07 Å². The Balaban J connectivity index is 1.99. The van der Waals surface area contributed by atoms with Gasteiger partial charge in [0.2, 0.25) is 5.78 Å². The summed E-state index contributed by atoms with van der Waals surface area (Å²) in [5.41, 5.74) is -0.106. The van der Waals surface area contributed by atoms with Gasteiger partial charge < -0.3 is 0 Å². The number of ketones is 1. The van der Waals surface area contributed by atoms with Gasteiger partial charge in [0, 0.05) is 0 Å². The second-order valence-corrected chi connectivity index (χ2v) is 4.28. The van der Waals surface area contributed by atoms with Gasteiger partial charge in [-0.2, -0.15) is 9.90 Å². The zero-order chi connectivity index (χ0) is 14.8. The Kier molecular flexibility index (Phi) is 3.27. The molecule has 0 aliphatic rings. The maximum absolute atomic E-state index is 13.6. The monoisotopic (exact) mass is 285 g/mol. The van der Waals surface area contributed by atoms with Gasteiger partial charge in [0.1, 0.15) is 11.6 Å². The summed E-state index contributed by atoms with van der Waals surface area (Å²) in [5, 5.41) is 7.89. The fourth-order valence-corrected chi connectivity index (χ4v) is 1.90. The molecule has 0 radical (unpaired) electrons. The van der Waals surface area contributed by atoms with Crippen LogP contribution in [0.15, 0.2) is 54.7 Å². The van der Waals surface area contributed by atoms with E-state index in [9.17, 15) is 13.6 Å². The van der Waals surface area contributed by atoms with E-state index in [0.717, 1.165) is 12.1 Å². The Hall–Kier alpha value is -2.89. The zero-order valence-corrected chi connectivity index (χ0v) is 10.7. The van der Waals surface area contributed by atoms with Crippen molar-refractivity contribution in [3.63, 3.8) is 0 Å². The standard InChI is InChI=1S/C15H9F2N3O/c16-11-7-4-8-12(17)14(11)15(21)13-9-18-20(19-13)10-5-2-1-3-6-10/h1-9H. The first-order chi connectivity index (χ1) is 10.2. The Bertz CT molecular complexity index is 779. The van der Waals surface area contributed by atoms with Crippen LogP contribution in [-0.4, -0.2) is 20.8 Å². The number of halogens is 2. The minimum Gasteiger partial charge on any atom is -0.286 e. The molecule has 0 amide bonds. The molecule has 0 aliphatic heterocycles. The molecule has 0 saturated heterocycles. The summed E-state index contributed by atoms with van der Waals surface area (Å²) in [4.78, 5) is 13.4. The Labute approximate surface area is 118 Å². The van der Waals surface area contributed by atoms with E-state index in [4.69, 9.17) is 0 Å². The molecule has 1 heterocycles. The van der Waals surface area contributed by atoms with Crippen LogP contribution >= 0.6 is 0 Å². The number of hydrogen-bond donors (Lipinski definition) is 0. The van der Waals surface area contributed by atoms with E-state index in [-0.39, 0.29) is 5.69 Å². The topological polar surface area (TPSA) is 47.8 Å². The molecule has 6 heteroatoms. The molecule has 21 heavy (non-hydrogen) atoms. The average Bonchev–Trinajstić information content (AvgIpc) is 2.97. The number of carbonyl (C=O) groups excluding carboxylic acids is 1. The molecule has 104 valence electrons. The molecule has 1 aromatic heterocycles. The van der Waals surface area contributed by atoms with Crippen molar-refractivity contribution >= 4 is 5.78 Å². The summed E-state index contributed by atoms with van der Waals surface area (Å²) in [6.07, 6.45) is 1.18. The van der Waals surface area contributed by atoms with Gasteiger partial charge in [-0.05, 0) is 24.3 Å². The number of hydrogen-bond acceptors (Lipinski definition) is 3. The molecule has 0 saturated carbocycles. The number of benzene rings is 2. The Morgan fingerprint density at radius 3 is 2.29 bits per heavy atom. The Morgan fingerprint density at radius 2 is 1.62 bits per heavy atom. The number of aromatic nitrogens is 3. The van der Waals surface area contributed by atoms with Crippen LogP contribution in [0.1, 0.15) is 16.1 Å². The predicted molar refractivity (Wildman–Crippen MR) is 71.1 cm³/mol. The SMILES string of the molecule is O=C(c1cnn(-c2ccccc2)n1)c1c(F)cccc1F. The van der Waals surface area contributed by atoms with E-state index in [0.29, 0.717) is 5.69 Å². The molecule has 0 N–H and O–H groups in total. The van der Waals surface area contributed by atoms with Crippen LogP contribution in [0, 0.1) is 11.6 Å². The van der Waals surface area contributed by atoms with Crippen LogP contribution in [0.25, 0.3) is 5.69 Å². The molecule has 0 atom stereocenters. The van der Waals surface area contributed by atoms with Crippen molar-refractivity contribution in [1.82, 2.24) is 15.0 Å². The van der Waals surface area contributed by atoms with Crippen LogP contribution in [0.3, 0.4) is 0 Å². The third-order valence-electron chi connectivity index (χ3n) is 2.90. The molecule has 0 fully saturated rings. The van der Waals surface area contributed by atoms with E-state index < -0.39 is 23.0 Å². The van der Waals surface area contributed by atoms with Crippen molar-refractivity contribution in [2.24, 2.45) is 0 Å². The second-order valence-electron chi connectivity index (χ2n) is 4.28. The molecule has 0 bridgehead atoms. The highest BCUT2D eigenvalue weighted by molar-refractivity contribution is 6.07. The van der Waals surface area contributed by atoms with E-state index >= 15 is 0 Å². The van der Waals surface area contributed by atoms with Crippen molar-refractivity contribution in [1.29, 1.82) is 0 Å². The van der Waals surface area contributed by atoms with Crippen molar-refractivity contribution in [3.05, 3.63) is 77.6 Å². The van der Waals surface area contributed by atoms with Gasteiger partial charge in [0.15, 0.2) is 5.69 Å². The summed E-state index contributed by atoms with van der Waals surface area (Å²) < 4.78 is 27.2. The number of rotatable bonds is 3. The lowest BCUT2D eigenvalue weighted by Gasteiger charge is -2.01. The third kappa shape index (κ3) is 2.43. The zero-order valence-electron chi connectivity index (χ0n) is 10.7. The first kappa shape index (κ1) is 13.1. The van der Waals surface area contributed by atoms with Gasteiger partial charge >= 0.3 is 0 Å². The highest BCUT2D eigenvalue weighted by atomic mass is 19.1. The molecule has 0 spiro atoms. The molecule has 3 rings (SSSR count). The fourth-order valence-electron chi connectivity index (χ4n) is 1.90. The van der Waals surface area contributed by atoms with Crippen LogP contribution in [-0.2, 0) is 0 Å². The predicted octanol–water partition coefficient (Wildman–Crippen LogP) is 2.78. The van der Waals surface area contributed by atoms with Crippen LogP contribution in [0.5, 0.6) is 0 Å². The van der Waals surface area contributed by atoms with Gasteiger partial charge in [-0.25, -0.2) is 8.78 Å². The molecular formula is C15H9F2N3O. The van der Waals surface area contributed by atoms with Crippen molar-refractivity contribution in [2.75, 3.05) is 0 Å². The lowest BCUT2D eigenvalue weighted by Crippen LogP contribution is -2.09. The van der Waals surface area contributed by atoms with Gasteiger partial charge in [-0.1, -0.05) is 24.3 Å². The van der Waals surface area contributed by atoms with Crippen LogP contribution in [0.2, 0.25) is 0 Å². The van der Waals surface area contributed by atoms with Crippen molar-refractivity contribution < 1.29 is 13.6 Å². The van der Waals surface area contributed by atoms with Gasteiger partial charge in [-0.15, -0.1) is 5.10 Å². The maximum Gasteiger partial charge on any atom is 0.220 e. The summed E-state index contributed by atoms with van der Waals surface area (Å²) >= 11 is 0. The van der Waals surface area contributed by atoms with Crippen LogP contribution in [0.4, 0.5) is 8.78 Å². The normalized spacial score (nSPS) is 10.6. The fraction of sp³-hybridized carbons (Fsp3) is 0. The van der Waals surface area contributed by atoms with Crippen molar-refractivity contribution in [2.45, 2.75) is 0 Å². The smallest absolute Gasteiger partial charge is 0.220 e. The molecule has 4 nitrogen and oxygen atoms in total. The average molecular weight is 285 g/mol. The van der Waals surface area contributed by atoms with Gasteiger partial charge in [0.25, 0.3) is 0 Å². The summed E-state index contributed by atoms with van der Waals surface area (Å²) in [6.45, 7) is 0. The van der Waals surface area contributed by atoms with Gasteiger partial charge in [-0.3, -0.25) is 4.79 Å². The molecule has 0 aliphatic carbocycles. The van der Waals surface area contributed by atoms with Gasteiger partial charge in [0.05, 0.1) is 17.4 Å². The number of carbonyl (C=O) groups is 1. The van der Waals surface area contributed by atoms with Crippen LogP contribution < -0.4 is 0 Å². The van der Waals surface area contributed by atoms with Crippen molar-refractivity contribution in [3.8, 4) is 5.69 Å². The summed E-state index contributed by atoms with van der Waals surface area (Å²) in [6, 6.07) is 12.1. The second kappa shape index (κ2) is 5.24. The lowest BCUT2D eigenvalue weighted by molar-refractivity contribution is 0.102. The lowest BCUT2D eigenvalue weighted by atomic mass is 10.1. The first-order valence-corrected chi connectivity index (χ1v) is 6.13. The quantitative estimate of drug-likeness (QED) is 0.695. The first-order valence-electron chi connectivity index (χ1n) is 6.13. The molecular weight excluding hydrogens is 276 g/mol. The summed E-state index contributed by atoms with van der Waals surface area (Å²) in [7, 11) is 0. The molecule has 2 aromatic carbocycles. The Morgan fingerprint density at radius 1 is 0.952 bits per heavy atom. The third-order valence-corrected chi connectivity index (χ3v) is 2.90. The summed E-state index contributed by atoms with van der Waals surface area (Å²) in [5.74, 6) is -2.68. The largest absolute Gasteiger partial charge is 0.286 e. The molecule has 3 aromatic rings. The van der Waals surface area contributed by atoms with E-state index in [1.165, 1.54) is 17.1 Å². The highest BCUT2D eigenvalue weighted by Gasteiger charge is 2.21. The number of para-hydroxylation sites is 1.